The zero-order valence-corrected chi connectivity index (χ0v) is 14.4. The SMILES string of the molecule is CCN1C(=O)COc2cc3[nH]c4c(c3cc21)CCCc1c-4n[nH]c1C. The molecule has 128 valence electrons. The average Bonchev–Trinajstić information content (AvgIpc) is 3.08. The highest BCUT2D eigenvalue weighted by Gasteiger charge is 2.28. The van der Waals surface area contributed by atoms with Crippen molar-refractivity contribution in [2.75, 3.05) is 18.1 Å². The van der Waals surface area contributed by atoms with Crippen LogP contribution in [0.25, 0.3) is 22.3 Å². The first kappa shape index (κ1) is 14.6. The number of ether oxygens (including phenoxy) is 1. The van der Waals surface area contributed by atoms with Crippen LogP contribution in [0.1, 0.15) is 30.2 Å². The summed E-state index contributed by atoms with van der Waals surface area (Å²) in [5, 5.41) is 8.83. The minimum absolute atomic E-state index is 0.0150. The Hall–Kier alpha value is -2.76. The number of aromatic amines is 2. The molecular weight excluding hydrogens is 316 g/mol. The molecule has 0 saturated carbocycles. The Labute approximate surface area is 145 Å². The number of amides is 1. The Balaban J connectivity index is 1.77. The summed E-state index contributed by atoms with van der Waals surface area (Å²) < 4.78 is 5.67. The molecule has 0 atom stereocenters. The summed E-state index contributed by atoms with van der Waals surface area (Å²) in [6.45, 7) is 4.83. The van der Waals surface area contributed by atoms with E-state index in [0.29, 0.717) is 6.54 Å². The third-order valence-electron chi connectivity index (χ3n) is 5.41. The second-order valence-corrected chi connectivity index (χ2v) is 6.80. The number of fused-ring (bicyclic) bond motifs is 6. The van der Waals surface area contributed by atoms with E-state index >= 15 is 0 Å². The molecule has 0 radical (unpaired) electrons. The highest BCUT2D eigenvalue weighted by molar-refractivity contribution is 6.02. The number of carbonyl (C=O) groups is 1. The summed E-state index contributed by atoms with van der Waals surface area (Å²) in [7, 11) is 0. The summed E-state index contributed by atoms with van der Waals surface area (Å²) in [5.41, 5.74) is 7.78. The molecule has 1 aliphatic carbocycles. The Kier molecular flexibility index (Phi) is 2.98. The Morgan fingerprint density at radius 1 is 1.28 bits per heavy atom. The Bertz CT molecular complexity index is 1010. The molecule has 25 heavy (non-hydrogen) atoms. The molecule has 1 amide bonds. The molecule has 2 N–H and O–H groups in total. The van der Waals surface area contributed by atoms with Crippen molar-refractivity contribution in [1.82, 2.24) is 15.2 Å². The number of rotatable bonds is 1. The number of aryl methyl sites for hydroxylation is 2. The fourth-order valence-corrected chi connectivity index (χ4v) is 4.16. The minimum atomic E-state index is 0.0150. The van der Waals surface area contributed by atoms with Gasteiger partial charge in [0.05, 0.1) is 16.9 Å². The van der Waals surface area contributed by atoms with Crippen LogP contribution in [0.3, 0.4) is 0 Å². The number of likely N-dealkylation sites (N-methyl/N-ethyl adjacent to an activating group) is 1. The maximum absolute atomic E-state index is 12.2. The van der Waals surface area contributed by atoms with Crippen LogP contribution in [-0.2, 0) is 17.6 Å². The van der Waals surface area contributed by atoms with E-state index in [1.807, 2.05) is 13.0 Å². The van der Waals surface area contributed by atoms with Crippen LogP contribution in [0.15, 0.2) is 12.1 Å². The molecule has 0 unspecified atom stereocenters. The number of hydrogen-bond acceptors (Lipinski definition) is 3. The predicted molar refractivity (Wildman–Crippen MR) is 96.2 cm³/mol. The van der Waals surface area contributed by atoms with Crippen LogP contribution >= 0.6 is 0 Å². The molecule has 0 fully saturated rings. The summed E-state index contributed by atoms with van der Waals surface area (Å²) in [4.78, 5) is 17.5. The van der Waals surface area contributed by atoms with Gasteiger partial charge in [-0.1, -0.05) is 0 Å². The highest BCUT2D eigenvalue weighted by Crippen LogP contribution is 2.42. The van der Waals surface area contributed by atoms with Crippen LogP contribution < -0.4 is 9.64 Å². The van der Waals surface area contributed by atoms with Gasteiger partial charge in [-0.2, -0.15) is 5.10 Å². The summed E-state index contributed by atoms with van der Waals surface area (Å²) in [6, 6.07) is 4.12. The van der Waals surface area contributed by atoms with Gasteiger partial charge in [-0.3, -0.25) is 9.89 Å². The van der Waals surface area contributed by atoms with Crippen molar-refractivity contribution >= 4 is 22.5 Å². The van der Waals surface area contributed by atoms with Gasteiger partial charge < -0.3 is 14.6 Å². The van der Waals surface area contributed by atoms with Gasteiger partial charge in [0.2, 0.25) is 0 Å². The van der Waals surface area contributed by atoms with Gasteiger partial charge in [0.1, 0.15) is 11.4 Å². The number of aromatic nitrogens is 3. The summed E-state index contributed by atoms with van der Waals surface area (Å²) >= 11 is 0. The molecule has 2 aromatic heterocycles. The van der Waals surface area contributed by atoms with E-state index in [4.69, 9.17) is 4.74 Å². The number of carbonyl (C=O) groups excluding carboxylic acids is 1. The lowest BCUT2D eigenvalue weighted by atomic mass is 10.0. The first-order valence-corrected chi connectivity index (χ1v) is 8.83. The van der Waals surface area contributed by atoms with Crippen LogP contribution in [0, 0.1) is 6.92 Å². The van der Waals surface area contributed by atoms with Gasteiger partial charge in [0.25, 0.3) is 5.91 Å². The van der Waals surface area contributed by atoms with Gasteiger partial charge in [-0.05, 0) is 44.7 Å². The second-order valence-electron chi connectivity index (χ2n) is 6.80. The van der Waals surface area contributed by atoms with Crippen molar-refractivity contribution in [2.45, 2.75) is 33.1 Å². The zero-order valence-electron chi connectivity index (χ0n) is 14.4. The van der Waals surface area contributed by atoms with E-state index < -0.39 is 0 Å². The molecule has 6 nitrogen and oxygen atoms in total. The van der Waals surface area contributed by atoms with E-state index in [-0.39, 0.29) is 12.5 Å². The predicted octanol–water partition coefficient (Wildman–Crippen LogP) is 3.10. The van der Waals surface area contributed by atoms with Gasteiger partial charge >= 0.3 is 0 Å². The molecule has 0 spiro atoms. The van der Waals surface area contributed by atoms with E-state index in [1.54, 1.807) is 4.90 Å². The fourth-order valence-electron chi connectivity index (χ4n) is 4.16. The molecule has 2 aliphatic rings. The van der Waals surface area contributed by atoms with Gasteiger partial charge in [-0.15, -0.1) is 0 Å². The number of hydrogen-bond donors (Lipinski definition) is 2. The number of anilines is 1. The number of H-pyrrole nitrogens is 2. The lowest BCUT2D eigenvalue weighted by Crippen LogP contribution is -2.38. The highest BCUT2D eigenvalue weighted by atomic mass is 16.5. The summed E-state index contributed by atoms with van der Waals surface area (Å²) in [6.07, 6.45) is 3.14. The molecule has 5 rings (SSSR count). The number of nitrogens with zero attached hydrogens (tertiary/aromatic N) is 2. The largest absolute Gasteiger partial charge is 0.481 e. The van der Waals surface area contributed by atoms with Crippen LogP contribution in [0.2, 0.25) is 0 Å². The molecular formula is C19H20N4O2. The van der Waals surface area contributed by atoms with Crippen molar-refractivity contribution in [1.29, 1.82) is 0 Å². The normalized spacial score (nSPS) is 16.2. The van der Waals surface area contributed by atoms with Crippen LogP contribution in [-0.4, -0.2) is 34.2 Å². The van der Waals surface area contributed by atoms with Crippen molar-refractivity contribution in [3.05, 3.63) is 29.0 Å². The van der Waals surface area contributed by atoms with E-state index in [1.165, 1.54) is 16.5 Å². The van der Waals surface area contributed by atoms with Crippen molar-refractivity contribution in [3.63, 3.8) is 0 Å². The maximum atomic E-state index is 12.2. The topological polar surface area (TPSA) is 74.0 Å². The first-order chi connectivity index (χ1) is 12.2. The lowest BCUT2D eigenvalue weighted by molar-refractivity contribution is -0.121. The standard InChI is InChI=1S/C19H20N4O2/c1-3-23-15-7-13-12-6-4-5-11-10(2)21-22-19(11)18(12)20-14(13)8-16(15)25-9-17(23)24/h7-8,20H,3-6,9H2,1-2H3,(H,21,22). The quantitative estimate of drug-likeness (QED) is 0.717. The number of nitrogens with one attached hydrogen (secondary N) is 2. The van der Waals surface area contributed by atoms with Crippen LogP contribution in [0.4, 0.5) is 5.69 Å². The van der Waals surface area contributed by atoms with Gasteiger partial charge in [0, 0.05) is 29.3 Å². The Morgan fingerprint density at radius 2 is 2.12 bits per heavy atom. The van der Waals surface area contributed by atoms with Crippen LogP contribution in [0.5, 0.6) is 5.75 Å². The summed E-state index contributed by atoms with van der Waals surface area (Å²) in [5.74, 6) is 0.782. The fraction of sp³-hybridized carbons (Fsp3) is 0.368. The average molecular weight is 336 g/mol. The number of benzene rings is 1. The van der Waals surface area contributed by atoms with Gasteiger partial charge in [0.15, 0.2) is 6.61 Å². The van der Waals surface area contributed by atoms with E-state index in [2.05, 4.69) is 28.2 Å². The molecule has 6 heteroatoms. The van der Waals surface area contributed by atoms with Gasteiger partial charge in [-0.25, -0.2) is 0 Å². The van der Waals surface area contributed by atoms with Crippen molar-refractivity contribution < 1.29 is 9.53 Å². The molecule has 3 aromatic rings. The molecule has 1 aromatic carbocycles. The van der Waals surface area contributed by atoms with E-state index in [0.717, 1.165) is 53.3 Å². The molecule has 0 bridgehead atoms. The third kappa shape index (κ3) is 1.97. The third-order valence-corrected chi connectivity index (χ3v) is 5.41. The smallest absolute Gasteiger partial charge is 0.265 e. The Morgan fingerprint density at radius 3 is 2.96 bits per heavy atom. The maximum Gasteiger partial charge on any atom is 0.265 e. The molecule has 3 heterocycles. The lowest BCUT2D eigenvalue weighted by Gasteiger charge is -2.28. The first-order valence-electron chi connectivity index (χ1n) is 8.83. The molecule has 0 saturated heterocycles. The second kappa shape index (κ2) is 5.12. The van der Waals surface area contributed by atoms with Crippen molar-refractivity contribution in [3.8, 4) is 17.1 Å². The zero-order chi connectivity index (χ0) is 17.1. The van der Waals surface area contributed by atoms with Crippen molar-refractivity contribution in [2.24, 2.45) is 0 Å². The minimum Gasteiger partial charge on any atom is -0.481 e. The monoisotopic (exact) mass is 336 g/mol. The van der Waals surface area contributed by atoms with E-state index in [9.17, 15) is 4.79 Å². The molecule has 1 aliphatic heterocycles.